The lowest BCUT2D eigenvalue weighted by molar-refractivity contribution is -0.145. The normalized spacial score (nSPS) is 35.4. The van der Waals surface area contributed by atoms with Crippen LogP contribution in [0.3, 0.4) is 0 Å². The number of allylic oxidation sites excluding steroid dienone is 2. The van der Waals surface area contributed by atoms with Gasteiger partial charge in [0, 0.05) is 0 Å². The van der Waals surface area contributed by atoms with Crippen LogP contribution in [0.5, 0.6) is 0 Å². The summed E-state index contributed by atoms with van der Waals surface area (Å²) in [5.41, 5.74) is 0. The SMILES string of the molecule is CCOC(=O)C1[C@H]2CCC=CCC[C@H]12. The predicted molar refractivity (Wildman–Crippen MR) is 54.7 cm³/mol. The van der Waals surface area contributed by atoms with E-state index in [-0.39, 0.29) is 11.9 Å². The molecule has 0 N–H and O–H groups in total. The summed E-state index contributed by atoms with van der Waals surface area (Å²) in [6.07, 6.45) is 9.11. The lowest BCUT2D eigenvalue weighted by Gasteiger charge is -1.99. The maximum Gasteiger partial charge on any atom is 0.309 e. The smallest absolute Gasteiger partial charge is 0.309 e. The van der Waals surface area contributed by atoms with Crippen molar-refractivity contribution in [3.63, 3.8) is 0 Å². The number of fused-ring (bicyclic) bond motifs is 1. The van der Waals surface area contributed by atoms with Crippen LogP contribution in [0.15, 0.2) is 12.2 Å². The Bertz CT molecular complexity index is 229. The summed E-state index contributed by atoms with van der Waals surface area (Å²) in [6, 6.07) is 0. The molecule has 2 nitrogen and oxygen atoms in total. The van der Waals surface area contributed by atoms with Crippen LogP contribution in [-0.4, -0.2) is 12.6 Å². The van der Waals surface area contributed by atoms with Crippen LogP contribution in [-0.2, 0) is 9.53 Å². The number of hydrogen-bond donors (Lipinski definition) is 0. The molecule has 2 aliphatic rings. The van der Waals surface area contributed by atoms with E-state index in [4.69, 9.17) is 4.74 Å². The molecule has 1 fully saturated rings. The fraction of sp³-hybridized carbons (Fsp3) is 0.750. The van der Waals surface area contributed by atoms with Gasteiger partial charge in [0.1, 0.15) is 0 Å². The van der Waals surface area contributed by atoms with E-state index >= 15 is 0 Å². The van der Waals surface area contributed by atoms with Crippen LogP contribution in [0.4, 0.5) is 0 Å². The molecule has 2 heteroatoms. The average molecular weight is 194 g/mol. The molecule has 0 heterocycles. The van der Waals surface area contributed by atoms with Gasteiger partial charge < -0.3 is 4.74 Å². The Morgan fingerprint density at radius 1 is 1.29 bits per heavy atom. The van der Waals surface area contributed by atoms with Crippen molar-refractivity contribution in [2.45, 2.75) is 32.6 Å². The average Bonchev–Trinajstić information content (AvgIpc) is 2.77. The number of carbonyl (C=O) groups excluding carboxylic acids is 1. The third-order valence-corrected chi connectivity index (χ3v) is 3.39. The zero-order valence-corrected chi connectivity index (χ0v) is 8.74. The Labute approximate surface area is 85.3 Å². The van der Waals surface area contributed by atoms with Gasteiger partial charge >= 0.3 is 5.97 Å². The van der Waals surface area contributed by atoms with Gasteiger partial charge in [-0.15, -0.1) is 0 Å². The van der Waals surface area contributed by atoms with Gasteiger partial charge in [-0.05, 0) is 44.4 Å². The van der Waals surface area contributed by atoms with Crippen molar-refractivity contribution >= 4 is 5.97 Å². The zero-order valence-electron chi connectivity index (χ0n) is 8.74. The van der Waals surface area contributed by atoms with Crippen molar-refractivity contribution in [2.24, 2.45) is 17.8 Å². The van der Waals surface area contributed by atoms with Crippen LogP contribution in [0.2, 0.25) is 0 Å². The second-order valence-corrected chi connectivity index (χ2v) is 4.23. The standard InChI is InChI=1S/C12H18O2/c1-2-14-12(13)11-9-7-5-3-4-6-8-10(9)11/h3-4,9-11H,2,5-8H2,1H3/t9-,10-/m0/s1. The number of rotatable bonds is 2. The molecule has 0 unspecified atom stereocenters. The highest BCUT2D eigenvalue weighted by atomic mass is 16.5. The van der Waals surface area contributed by atoms with Gasteiger partial charge in [-0.2, -0.15) is 0 Å². The first-order chi connectivity index (χ1) is 6.84. The van der Waals surface area contributed by atoms with E-state index in [2.05, 4.69) is 12.2 Å². The Morgan fingerprint density at radius 3 is 2.36 bits per heavy atom. The molecule has 14 heavy (non-hydrogen) atoms. The Hall–Kier alpha value is -0.790. The van der Waals surface area contributed by atoms with E-state index in [1.807, 2.05) is 6.92 Å². The van der Waals surface area contributed by atoms with E-state index in [1.54, 1.807) is 0 Å². The number of esters is 1. The molecular formula is C12H18O2. The van der Waals surface area contributed by atoms with Crippen LogP contribution in [0.25, 0.3) is 0 Å². The van der Waals surface area contributed by atoms with Gasteiger partial charge in [-0.1, -0.05) is 12.2 Å². The summed E-state index contributed by atoms with van der Waals surface area (Å²) in [6.45, 7) is 2.40. The quantitative estimate of drug-likeness (QED) is 0.499. The molecule has 0 spiro atoms. The highest BCUT2D eigenvalue weighted by Gasteiger charge is 2.54. The molecule has 0 aromatic carbocycles. The maximum absolute atomic E-state index is 11.6. The lowest BCUT2D eigenvalue weighted by Crippen LogP contribution is -2.08. The van der Waals surface area contributed by atoms with Gasteiger partial charge in [0.25, 0.3) is 0 Å². The summed E-state index contributed by atoms with van der Waals surface area (Å²) in [7, 11) is 0. The third kappa shape index (κ3) is 1.84. The van der Waals surface area contributed by atoms with E-state index in [9.17, 15) is 4.79 Å². The van der Waals surface area contributed by atoms with Crippen molar-refractivity contribution < 1.29 is 9.53 Å². The largest absolute Gasteiger partial charge is 0.466 e. The van der Waals surface area contributed by atoms with Crippen molar-refractivity contribution in [3.05, 3.63) is 12.2 Å². The highest BCUT2D eigenvalue weighted by Crippen LogP contribution is 2.53. The van der Waals surface area contributed by atoms with Crippen molar-refractivity contribution in [1.29, 1.82) is 0 Å². The van der Waals surface area contributed by atoms with Crippen LogP contribution in [0, 0.1) is 17.8 Å². The summed E-state index contributed by atoms with van der Waals surface area (Å²) in [4.78, 5) is 11.6. The van der Waals surface area contributed by atoms with Crippen LogP contribution >= 0.6 is 0 Å². The number of ether oxygens (including phenoxy) is 1. The maximum atomic E-state index is 11.6. The summed E-state index contributed by atoms with van der Waals surface area (Å²) < 4.78 is 5.08. The third-order valence-electron chi connectivity index (χ3n) is 3.39. The summed E-state index contributed by atoms with van der Waals surface area (Å²) in [5, 5.41) is 0. The molecule has 2 atom stereocenters. The van der Waals surface area contributed by atoms with Gasteiger partial charge in [0.05, 0.1) is 12.5 Å². The summed E-state index contributed by atoms with van der Waals surface area (Å²) >= 11 is 0. The van der Waals surface area contributed by atoms with Crippen molar-refractivity contribution in [2.75, 3.05) is 6.61 Å². The fourth-order valence-electron chi connectivity index (χ4n) is 2.63. The first-order valence-corrected chi connectivity index (χ1v) is 5.66. The van der Waals surface area contributed by atoms with Crippen molar-refractivity contribution in [1.82, 2.24) is 0 Å². The molecule has 0 bridgehead atoms. The minimum Gasteiger partial charge on any atom is -0.466 e. The van der Waals surface area contributed by atoms with E-state index < -0.39 is 0 Å². The minimum atomic E-state index is 0.0457. The predicted octanol–water partition coefficient (Wildman–Crippen LogP) is 2.54. The molecule has 0 radical (unpaired) electrons. The summed E-state index contributed by atoms with van der Waals surface area (Å²) in [5.74, 6) is 1.53. The second kappa shape index (κ2) is 4.16. The fourth-order valence-corrected chi connectivity index (χ4v) is 2.63. The van der Waals surface area contributed by atoms with Gasteiger partial charge in [-0.3, -0.25) is 4.79 Å². The van der Waals surface area contributed by atoms with Crippen LogP contribution in [0.1, 0.15) is 32.6 Å². The first kappa shape index (κ1) is 9.75. The van der Waals surface area contributed by atoms with E-state index in [0.717, 1.165) is 12.8 Å². The first-order valence-electron chi connectivity index (χ1n) is 5.66. The van der Waals surface area contributed by atoms with Gasteiger partial charge in [-0.25, -0.2) is 0 Å². The molecule has 0 aliphatic heterocycles. The van der Waals surface area contributed by atoms with E-state index in [1.165, 1.54) is 12.8 Å². The zero-order chi connectivity index (χ0) is 9.97. The Balaban J connectivity index is 1.90. The van der Waals surface area contributed by atoms with E-state index in [0.29, 0.717) is 18.4 Å². The molecule has 0 saturated heterocycles. The molecule has 1 saturated carbocycles. The highest BCUT2D eigenvalue weighted by molar-refractivity contribution is 5.76. The molecular weight excluding hydrogens is 176 g/mol. The van der Waals surface area contributed by atoms with Crippen molar-refractivity contribution in [3.8, 4) is 0 Å². The molecule has 0 aromatic heterocycles. The topological polar surface area (TPSA) is 26.3 Å². The van der Waals surface area contributed by atoms with Gasteiger partial charge in [0.2, 0.25) is 0 Å². The number of carbonyl (C=O) groups is 1. The monoisotopic (exact) mass is 194 g/mol. The molecule has 0 amide bonds. The number of hydrogen-bond acceptors (Lipinski definition) is 2. The second-order valence-electron chi connectivity index (χ2n) is 4.23. The Morgan fingerprint density at radius 2 is 1.86 bits per heavy atom. The molecule has 2 rings (SSSR count). The Kier molecular flexibility index (Phi) is 2.90. The van der Waals surface area contributed by atoms with Gasteiger partial charge in [0.15, 0.2) is 0 Å². The molecule has 78 valence electrons. The minimum absolute atomic E-state index is 0.0457. The van der Waals surface area contributed by atoms with Crippen LogP contribution < -0.4 is 0 Å². The molecule has 0 aromatic rings. The lowest BCUT2D eigenvalue weighted by atomic mass is 10.1. The molecule has 2 aliphatic carbocycles.